The van der Waals surface area contributed by atoms with Gasteiger partial charge in [-0.3, -0.25) is 4.79 Å². The summed E-state index contributed by atoms with van der Waals surface area (Å²) in [6, 6.07) is 3.96. The monoisotopic (exact) mass is 271 g/mol. The van der Waals surface area contributed by atoms with E-state index in [1.165, 1.54) is 22.5 Å². The van der Waals surface area contributed by atoms with Gasteiger partial charge in [0.2, 0.25) is 10.0 Å². The first-order valence-corrected chi connectivity index (χ1v) is 6.98. The molecule has 1 aromatic rings. The molecule has 18 heavy (non-hydrogen) atoms. The lowest BCUT2D eigenvalue weighted by molar-refractivity contribution is 0.100. The fourth-order valence-corrected chi connectivity index (χ4v) is 3.11. The molecule has 4 N–H and O–H groups in total. The van der Waals surface area contributed by atoms with Gasteiger partial charge in [-0.15, -0.1) is 0 Å². The van der Waals surface area contributed by atoms with Gasteiger partial charge >= 0.3 is 0 Å². The second-order valence-electron chi connectivity index (χ2n) is 3.70. The Morgan fingerprint density at radius 3 is 2.28 bits per heavy atom. The van der Waals surface area contributed by atoms with Crippen molar-refractivity contribution in [1.29, 1.82) is 0 Å². The maximum Gasteiger partial charge on any atom is 0.250 e. The van der Waals surface area contributed by atoms with E-state index in [9.17, 15) is 13.2 Å². The summed E-state index contributed by atoms with van der Waals surface area (Å²) in [5, 5.41) is 0. The Bertz CT molecular complexity index is 551. The van der Waals surface area contributed by atoms with E-state index in [4.69, 9.17) is 11.5 Å². The Hall–Kier alpha value is -1.60. The summed E-state index contributed by atoms with van der Waals surface area (Å²) in [5.74, 6) is -0.746. The highest BCUT2D eigenvalue weighted by molar-refractivity contribution is 7.89. The molecule has 0 saturated heterocycles. The van der Waals surface area contributed by atoms with Crippen LogP contribution >= 0.6 is 0 Å². The molecule has 0 unspecified atom stereocenters. The van der Waals surface area contributed by atoms with E-state index in [0.29, 0.717) is 13.1 Å². The second-order valence-corrected chi connectivity index (χ2v) is 5.64. The standard InChI is InChI=1S/C11H17N3O3S/c1-3-14(4-2)18(16,17)8-5-6-10(12)9(7-8)11(13)15/h5-7H,3-4,12H2,1-2H3,(H2,13,15). The lowest BCUT2D eigenvalue weighted by atomic mass is 10.2. The van der Waals surface area contributed by atoms with Crippen molar-refractivity contribution in [3.8, 4) is 0 Å². The smallest absolute Gasteiger partial charge is 0.250 e. The Morgan fingerprint density at radius 1 is 1.28 bits per heavy atom. The predicted octanol–water partition coefficient (Wildman–Crippen LogP) is 0.398. The molecule has 7 heteroatoms. The predicted molar refractivity (Wildman–Crippen MR) is 69.5 cm³/mol. The molecule has 6 nitrogen and oxygen atoms in total. The van der Waals surface area contributed by atoms with Crippen LogP contribution in [0.3, 0.4) is 0 Å². The molecule has 100 valence electrons. The molecule has 0 atom stereocenters. The van der Waals surface area contributed by atoms with Gasteiger partial charge in [0.25, 0.3) is 5.91 Å². The molecule has 0 bridgehead atoms. The van der Waals surface area contributed by atoms with Crippen LogP contribution in [0, 0.1) is 0 Å². The van der Waals surface area contributed by atoms with Crippen LogP contribution in [0.4, 0.5) is 5.69 Å². The van der Waals surface area contributed by atoms with Gasteiger partial charge in [0.15, 0.2) is 0 Å². The topological polar surface area (TPSA) is 106 Å². The molecular weight excluding hydrogens is 254 g/mol. The van der Waals surface area contributed by atoms with Crippen LogP contribution in [-0.2, 0) is 10.0 Å². The van der Waals surface area contributed by atoms with Gasteiger partial charge in [-0.2, -0.15) is 4.31 Å². The maximum atomic E-state index is 12.2. The molecule has 1 amide bonds. The van der Waals surface area contributed by atoms with Gasteiger partial charge in [0.1, 0.15) is 0 Å². The van der Waals surface area contributed by atoms with Gasteiger partial charge in [-0.25, -0.2) is 8.42 Å². The van der Waals surface area contributed by atoms with E-state index in [1.807, 2.05) is 0 Å². The zero-order valence-corrected chi connectivity index (χ0v) is 11.2. The molecule has 0 aliphatic rings. The van der Waals surface area contributed by atoms with E-state index >= 15 is 0 Å². The van der Waals surface area contributed by atoms with Crippen LogP contribution in [-0.4, -0.2) is 31.7 Å². The fourth-order valence-electron chi connectivity index (χ4n) is 1.62. The largest absolute Gasteiger partial charge is 0.398 e. The lowest BCUT2D eigenvalue weighted by Crippen LogP contribution is -2.30. The number of amides is 1. The van der Waals surface area contributed by atoms with Gasteiger partial charge in [0, 0.05) is 18.8 Å². The number of carbonyl (C=O) groups is 1. The second kappa shape index (κ2) is 5.36. The molecule has 0 radical (unpaired) electrons. The molecule has 0 heterocycles. The van der Waals surface area contributed by atoms with Gasteiger partial charge in [-0.1, -0.05) is 13.8 Å². The normalized spacial score (nSPS) is 11.7. The molecule has 1 rings (SSSR count). The molecule has 0 saturated carbocycles. The molecule has 0 aliphatic heterocycles. The lowest BCUT2D eigenvalue weighted by Gasteiger charge is -2.18. The number of primary amides is 1. The number of hydrogen-bond acceptors (Lipinski definition) is 4. The number of rotatable bonds is 5. The van der Waals surface area contributed by atoms with Crippen molar-refractivity contribution in [3.05, 3.63) is 23.8 Å². The average molecular weight is 271 g/mol. The van der Waals surface area contributed by atoms with E-state index in [-0.39, 0.29) is 16.1 Å². The highest BCUT2D eigenvalue weighted by Crippen LogP contribution is 2.20. The first-order chi connectivity index (χ1) is 8.34. The van der Waals surface area contributed by atoms with Gasteiger partial charge in [0.05, 0.1) is 10.5 Å². The number of anilines is 1. The SMILES string of the molecule is CCN(CC)S(=O)(=O)c1ccc(N)c(C(N)=O)c1. The Kier molecular flexibility index (Phi) is 4.31. The van der Waals surface area contributed by atoms with E-state index in [2.05, 4.69) is 0 Å². The molecule has 0 aromatic heterocycles. The highest BCUT2D eigenvalue weighted by Gasteiger charge is 2.23. The van der Waals surface area contributed by atoms with Gasteiger partial charge in [-0.05, 0) is 18.2 Å². The highest BCUT2D eigenvalue weighted by atomic mass is 32.2. The van der Waals surface area contributed by atoms with E-state index in [0.717, 1.165) is 0 Å². The molecule has 1 aromatic carbocycles. The van der Waals surface area contributed by atoms with Crippen molar-refractivity contribution in [2.45, 2.75) is 18.7 Å². The Balaban J connectivity index is 3.34. The van der Waals surface area contributed by atoms with Crippen molar-refractivity contribution in [1.82, 2.24) is 4.31 Å². The van der Waals surface area contributed by atoms with Crippen molar-refractivity contribution < 1.29 is 13.2 Å². The molecule has 0 aliphatic carbocycles. The number of nitrogens with two attached hydrogens (primary N) is 2. The van der Waals surface area contributed by atoms with Crippen molar-refractivity contribution in [2.75, 3.05) is 18.8 Å². The molecule has 0 spiro atoms. The van der Waals surface area contributed by atoms with Crippen molar-refractivity contribution in [2.24, 2.45) is 5.73 Å². The number of nitrogens with zero attached hydrogens (tertiary/aromatic N) is 1. The maximum absolute atomic E-state index is 12.2. The quantitative estimate of drug-likeness (QED) is 0.756. The summed E-state index contributed by atoms with van der Waals surface area (Å²) in [6.07, 6.45) is 0. The summed E-state index contributed by atoms with van der Waals surface area (Å²) < 4.78 is 25.7. The van der Waals surface area contributed by atoms with E-state index in [1.54, 1.807) is 13.8 Å². The number of benzene rings is 1. The number of carbonyl (C=O) groups excluding carboxylic acids is 1. The minimum atomic E-state index is -3.60. The fraction of sp³-hybridized carbons (Fsp3) is 0.364. The first kappa shape index (κ1) is 14.5. The zero-order chi connectivity index (χ0) is 13.9. The number of sulfonamides is 1. The third-order valence-electron chi connectivity index (χ3n) is 2.63. The van der Waals surface area contributed by atoms with Crippen molar-refractivity contribution >= 4 is 21.6 Å². The number of nitrogen functional groups attached to an aromatic ring is 1. The minimum absolute atomic E-state index is 0.0169. The summed E-state index contributed by atoms with van der Waals surface area (Å²) in [6.45, 7) is 4.20. The van der Waals surface area contributed by atoms with Crippen LogP contribution in [0.25, 0.3) is 0 Å². The summed E-state index contributed by atoms with van der Waals surface area (Å²) in [7, 11) is -3.60. The molecule has 0 fully saturated rings. The summed E-state index contributed by atoms with van der Waals surface area (Å²) in [4.78, 5) is 11.2. The van der Waals surface area contributed by atoms with Crippen LogP contribution in [0.15, 0.2) is 23.1 Å². The van der Waals surface area contributed by atoms with Gasteiger partial charge < -0.3 is 11.5 Å². The number of hydrogen-bond donors (Lipinski definition) is 2. The third-order valence-corrected chi connectivity index (χ3v) is 4.68. The minimum Gasteiger partial charge on any atom is -0.398 e. The molecular formula is C11H17N3O3S. The van der Waals surface area contributed by atoms with Crippen LogP contribution < -0.4 is 11.5 Å². The van der Waals surface area contributed by atoms with Crippen molar-refractivity contribution in [3.63, 3.8) is 0 Å². The average Bonchev–Trinajstić information content (AvgIpc) is 2.30. The van der Waals surface area contributed by atoms with E-state index < -0.39 is 15.9 Å². The summed E-state index contributed by atoms with van der Waals surface area (Å²) >= 11 is 0. The zero-order valence-electron chi connectivity index (χ0n) is 10.4. The Morgan fingerprint density at radius 2 is 1.83 bits per heavy atom. The van der Waals surface area contributed by atoms with Crippen LogP contribution in [0.5, 0.6) is 0 Å². The third kappa shape index (κ3) is 2.62. The first-order valence-electron chi connectivity index (χ1n) is 5.54. The van der Waals surface area contributed by atoms with Crippen LogP contribution in [0.1, 0.15) is 24.2 Å². The summed E-state index contributed by atoms with van der Waals surface area (Å²) in [5.41, 5.74) is 10.9. The Labute approximate surface area is 107 Å². The van der Waals surface area contributed by atoms with Crippen LogP contribution in [0.2, 0.25) is 0 Å².